The number of hydrogen-bond donors (Lipinski definition) is 0. The van der Waals surface area contributed by atoms with Crippen LogP contribution < -0.4 is 0 Å². The summed E-state index contributed by atoms with van der Waals surface area (Å²) in [5.41, 5.74) is -4.78. The molecule has 0 unspecified atom stereocenters. The molecule has 0 fully saturated rings. The van der Waals surface area contributed by atoms with Crippen molar-refractivity contribution < 1.29 is 26.0 Å². The Morgan fingerprint density at radius 2 is 1.92 bits per heavy atom. The van der Waals surface area contributed by atoms with Crippen LogP contribution >= 0.6 is 11.8 Å². The Balaban J connectivity index is 2.06. The Morgan fingerprint density at radius 3 is 2.60 bits per heavy atom. The SMILES string of the molecule is CCSc1cccc(-c2nc3cc(S(=O)(=O)C(F)(F)F)ccc3o2)n1. The summed E-state index contributed by atoms with van der Waals surface area (Å²) in [5.74, 6) is 0.929. The van der Waals surface area contributed by atoms with Crippen molar-refractivity contribution in [2.24, 2.45) is 0 Å². The fraction of sp³-hybridized carbons (Fsp3) is 0.200. The topological polar surface area (TPSA) is 73.1 Å². The lowest BCUT2D eigenvalue weighted by Crippen LogP contribution is -2.23. The number of halogens is 3. The number of pyridine rings is 1. The summed E-state index contributed by atoms with van der Waals surface area (Å²) >= 11 is 1.51. The van der Waals surface area contributed by atoms with Crippen LogP contribution in [-0.4, -0.2) is 29.6 Å². The number of thioether (sulfide) groups is 1. The molecule has 132 valence electrons. The lowest BCUT2D eigenvalue weighted by atomic mass is 10.3. The van der Waals surface area contributed by atoms with E-state index in [9.17, 15) is 21.6 Å². The second-order valence-corrected chi connectivity index (χ2v) is 8.12. The number of aromatic nitrogens is 2. The van der Waals surface area contributed by atoms with Gasteiger partial charge in [0, 0.05) is 0 Å². The van der Waals surface area contributed by atoms with Crippen molar-refractivity contribution in [3.63, 3.8) is 0 Å². The van der Waals surface area contributed by atoms with E-state index in [1.165, 1.54) is 11.8 Å². The van der Waals surface area contributed by atoms with E-state index in [-0.39, 0.29) is 17.0 Å². The Kier molecular flexibility index (Phi) is 4.50. The van der Waals surface area contributed by atoms with Crippen LogP contribution in [0, 0.1) is 0 Å². The fourth-order valence-corrected chi connectivity index (χ4v) is 3.49. The summed E-state index contributed by atoms with van der Waals surface area (Å²) < 4.78 is 66.5. The third-order valence-corrected chi connectivity index (χ3v) is 5.50. The van der Waals surface area contributed by atoms with Gasteiger partial charge in [0.15, 0.2) is 5.58 Å². The second kappa shape index (κ2) is 6.34. The molecule has 0 saturated heterocycles. The van der Waals surface area contributed by atoms with E-state index in [1.807, 2.05) is 13.0 Å². The van der Waals surface area contributed by atoms with Crippen molar-refractivity contribution in [2.75, 3.05) is 5.75 Å². The van der Waals surface area contributed by atoms with Crippen LogP contribution in [0.25, 0.3) is 22.7 Å². The highest BCUT2D eigenvalue weighted by Crippen LogP contribution is 2.33. The number of oxazole rings is 1. The number of nitrogens with zero attached hydrogens (tertiary/aromatic N) is 2. The van der Waals surface area contributed by atoms with Crippen molar-refractivity contribution in [3.8, 4) is 11.6 Å². The normalized spacial score (nSPS) is 12.6. The fourth-order valence-electron chi connectivity index (χ4n) is 2.08. The molecule has 1 aromatic carbocycles. The molecule has 5 nitrogen and oxygen atoms in total. The van der Waals surface area contributed by atoms with Crippen LogP contribution in [0.3, 0.4) is 0 Å². The lowest BCUT2D eigenvalue weighted by Gasteiger charge is -2.07. The third-order valence-electron chi connectivity index (χ3n) is 3.21. The second-order valence-electron chi connectivity index (χ2n) is 4.89. The van der Waals surface area contributed by atoms with E-state index < -0.39 is 20.2 Å². The molecule has 0 N–H and O–H groups in total. The molecule has 0 saturated carbocycles. The number of hydrogen-bond acceptors (Lipinski definition) is 6. The van der Waals surface area contributed by atoms with Crippen LogP contribution in [0.2, 0.25) is 0 Å². The minimum atomic E-state index is -5.44. The molecule has 0 aliphatic heterocycles. The van der Waals surface area contributed by atoms with Gasteiger partial charge in [0.25, 0.3) is 9.84 Å². The molecule has 10 heteroatoms. The van der Waals surface area contributed by atoms with Crippen molar-refractivity contribution in [3.05, 3.63) is 36.4 Å². The zero-order chi connectivity index (χ0) is 18.2. The molecular formula is C15H11F3N2O3S2. The van der Waals surface area contributed by atoms with Crippen LogP contribution in [0.15, 0.2) is 50.7 Å². The summed E-state index contributed by atoms with van der Waals surface area (Å²) in [5, 5.41) is 0.752. The van der Waals surface area contributed by atoms with Crippen molar-refractivity contribution in [1.82, 2.24) is 9.97 Å². The summed E-state index contributed by atoms with van der Waals surface area (Å²) in [6.07, 6.45) is 0. The molecule has 0 amide bonds. The van der Waals surface area contributed by atoms with Gasteiger partial charge >= 0.3 is 5.51 Å². The highest BCUT2D eigenvalue weighted by Gasteiger charge is 2.47. The third kappa shape index (κ3) is 3.36. The highest BCUT2D eigenvalue weighted by atomic mass is 32.2. The predicted octanol–water partition coefficient (Wildman–Crippen LogP) is 4.30. The maximum atomic E-state index is 12.7. The summed E-state index contributed by atoms with van der Waals surface area (Å²) in [7, 11) is -5.44. The number of fused-ring (bicyclic) bond motifs is 1. The van der Waals surface area contributed by atoms with Gasteiger partial charge in [-0.15, -0.1) is 11.8 Å². The molecule has 3 rings (SSSR count). The number of rotatable bonds is 4. The molecule has 2 aromatic heterocycles. The van der Waals surface area contributed by atoms with Crippen LogP contribution in [0.1, 0.15) is 6.92 Å². The van der Waals surface area contributed by atoms with E-state index in [0.717, 1.165) is 29.0 Å². The van der Waals surface area contributed by atoms with Gasteiger partial charge in [-0.05, 0) is 36.1 Å². The Bertz CT molecular complexity index is 1030. The molecule has 0 radical (unpaired) electrons. The molecule has 2 heterocycles. The van der Waals surface area contributed by atoms with Gasteiger partial charge in [-0.2, -0.15) is 13.2 Å². The number of sulfone groups is 1. The van der Waals surface area contributed by atoms with E-state index in [1.54, 1.807) is 12.1 Å². The van der Waals surface area contributed by atoms with Crippen LogP contribution in [-0.2, 0) is 9.84 Å². The summed E-state index contributed by atoms with van der Waals surface area (Å²) in [4.78, 5) is 7.54. The van der Waals surface area contributed by atoms with Gasteiger partial charge in [0.05, 0.1) is 9.92 Å². The molecule has 0 aliphatic carbocycles. The van der Waals surface area contributed by atoms with Gasteiger partial charge < -0.3 is 4.42 Å². The van der Waals surface area contributed by atoms with E-state index in [4.69, 9.17) is 4.42 Å². The first-order chi connectivity index (χ1) is 11.7. The van der Waals surface area contributed by atoms with Gasteiger partial charge in [-0.1, -0.05) is 13.0 Å². The Labute approximate surface area is 145 Å². The first-order valence-corrected chi connectivity index (χ1v) is 9.51. The van der Waals surface area contributed by atoms with E-state index in [2.05, 4.69) is 9.97 Å². The highest BCUT2D eigenvalue weighted by molar-refractivity contribution is 7.99. The quantitative estimate of drug-likeness (QED) is 0.621. The standard InChI is InChI=1S/C15H11F3N2O3S2/c1-2-24-13-5-3-4-10(19-13)14-20-11-8-9(6-7-12(11)23-14)25(21,22)15(16,17)18/h3-8H,2H2,1H3. The Morgan fingerprint density at radius 1 is 1.16 bits per heavy atom. The van der Waals surface area contributed by atoms with Gasteiger partial charge in [-0.25, -0.2) is 18.4 Å². The summed E-state index contributed by atoms with van der Waals surface area (Å²) in [6.45, 7) is 1.97. The maximum absolute atomic E-state index is 12.7. The van der Waals surface area contributed by atoms with Gasteiger partial charge in [0.2, 0.25) is 5.89 Å². The van der Waals surface area contributed by atoms with Crippen LogP contribution in [0.4, 0.5) is 13.2 Å². The molecule has 0 bridgehead atoms. The smallest absolute Gasteiger partial charge is 0.435 e. The molecule has 3 aromatic rings. The first kappa shape index (κ1) is 17.7. The summed E-state index contributed by atoms with van der Waals surface area (Å²) in [6, 6.07) is 8.06. The zero-order valence-electron chi connectivity index (χ0n) is 12.7. The number of benzene rings is 1. The molecule has 0 spiro atoms. The predicted molar refractivity (Wildman–Crippen MR) is 86.9 cm³/mol. The minimum absolute atomic E-state index is 0.00988. The first-order valence-electron chi connectivity index (χ1n) is 7.04. The average molecular weight is 388 g/mol. The molecule has 0 aliphatic rings. The Hall–Kier alpha value is -2.07. The monoisotopic (exact) mass is 388 g/mol. The molecule has 0 atom stereocenters. The van der Waals surface area contributed by atoms with Gasteiger partial charge in [0.1, 0.15) is 11.2 Å². The van der Waals surface area contributed by atoms with Crippen molar-refractivity contribution in [2.45, 2.75) is 22.4 Å². The van der Waals surface area contributed by atoms with Crippen molar-refractivity contribution >= 4 is 32.7 Å². The zero-order valence-corrected chi connectivity index (χ0v) is 14.4. The lowest BCUT2D eigenvalue weighted by molar-refractivity contribution is -0.0435. The van der Waals surface area contributed by atoms with E-state index in [0.29, 0.717) is 5.69 Å². The minimum Gasteiger partial charge on any atom is -0.435 e. The maximum Gasteiger partial charge on any atom is 0.501 e. The molecular weight excluding hydrogens is 377 g/mol. The molecule has 25 heavy (non-hydrogen) atoms. The largest absolute Gasteiger partial charge is 0.501 e. The average Bonchev–Trinajstić information content (AvgIpc) is 2.97. The van der Waals surface area contributed by atoms with Crippen LogP contribution in [0.5, 0.6) is 0 Å². The van der Waals surface area contributed by atoms with Crippen molar-refractivity contribution in [1.29, 1.82) is 0 Å². The van der Waals surface area contributed by atoms with Gasteiger partial charge in [-0.3, -0.25) is 0 Å². The van der Waals surface area contributed by atoms with E-state index >= 15 is 0 Å². The number of alkyl halides is 3.